The zero-order chi connectivity index (χ0) is 7.30. The summed E-state index contributed by atoms with van der Waals surface area (Å²) in [6.45, 7) is 4.30. The summed E-state index contributed by atoms with van der Waals surface area (Å²) in [5.74, 6) is 0.970. The molecule has 2 fully saturated rings. The highest BCUT2D eigenvalue weighted by Gasteiger charge is 2.55. The second kappa shape index (κ2) is 1.95. The molecule has 0 spiro atoms. The minimum absolute atomic E-state index is 0.0938. The van der Waals surface area contributed by atoms with Gasteiger partial charge in [0.25, 0.3) is 0 Å². The van der Waals surface area contributed by atoms with E-state index in [1.165, 1.54) is 0 Å². The molecular weight excluding hydrogens is 128 g/mol. The molecule has 2 rings (SSSR count). The van der Waals surface area contributed by atoms with Gasteiger partial charge < -0.3 is 9.84 Å². The maximum atomic E-state index is 9.48. The van der Waals surface area contributed by atoms with E-state index in [1.807, 2.05) is 0 Å². The van der Waals surface area contributed by atoms with Crippen molar-refractivity contribution in [3.63, 3.8) is 0 Å². The van der Waals surface area contributed by atoms with Gasteiger partial charge in [0.15, 0.2) is 0 Å². The minimum atomic E-state index is -0.0938. The van der Waals surface area contributed by atoms with E-state index in [2.05, 4.69) is 13.8 Å². The van der Waals surface area contributed by atoms with Gasteiger partial charge in [-0.15, -0.1) is 0 Å². The lowest BCUT2D eigenvalue weighted by Crippen LogP contribution is -2.24. The Kier molecular flexibility index (Phi) is 1.29. The van der Waals surface area contributed by atoms with E-state index in [0.29, 0.717) is 24.0 Å². The van der Waals surface area contributed by atoms with Gasteiger partial charge in [-0.3, -0.25) is 0 Å². The molecule has 1 saturated carbocycles. The molecule has 1 N–H and O–H groups in total. The van der Waals surface area contributed by atoms with Crippen LogP contribution >= 0.6 is 0 Å². The zero-order valence-electron chi connectivity index (χ0n) is 6.45. The summed E-state index contributed by atoms with van der Waals surface area (Å²) < 4.78 is 5.34. The van der Waals surface area contributed by atoms with Crippen molar-refractivity contribution in [3.05, 3.63) is 0 Å². The van der Waals surface area contributed by atoms with Gasteiger partial charge >= 0.3 is 0 Å². The van der Waals surface area contributed by atoms with Gasteiger partial charge in [0.2, 0.25) is 0 Å². The second-order valence-corrected chi connectivity index (χ2v) is 3.76. The summed E-state index contributed by atoms with van der Waals surface area (Å²) in [6.07, 6.45) is 1.58. The Hall–Kier alpha value is -0.0800. The summed E-state index contributed by atoms with van der Waals surface area (Å²) in [5, 5.41) is 9.48. The van der Waals surface area contributed by atoms with Gasteiger partial charge in [0.1, 0.15) is 0 Å². The SMILES string of the molecule is CC(C)[C@@H]1[C@H]2O[C@H]2C[C@H]1O. The summed E-state index contributed by atoms with van der Waals surface area (Å²) in [6, 6.07) is 0. The van der Waals surface area contributed by atoms with Crippen LogP contribution in [0.5, 0.6) is 0 Å². The Morgan fingerprint density at radius 3 is 2.50 bits per heavy atom. The largest absolute Gasteiger partial charge is 0.393 e. The molecule has 58 valence electrons. The third-order valence-electron chi connectivity index (χ3n) is 2.69. The molecule has 2 nitrogen and oxygen atoms in total. The monoisotopic (exact) mass is 142 g/mol. The summed E-state index contributed by atoms with van der Waals surface area (Å²) in [7, 11) is 0. The van der Waals surface area contributed by atoms with Crippen molar-refractivity contribution >= 4 is 0 Å². The fourth-order valence-electron chi connectivity index (χ4n) is 2.12. The Morgan fingerprint density at radius 1 is 1.50 bits per heavy atom. The number of hydrogen-bond donors (Lipinski definition) is 1. The van der Waals surface area contributed by atoms with E-state index in [4.69, 9.17) is 4.74 Å². The number of epoxide rings is 1. The highest BCUT2D eigenvalue weighted by Crippen LogP contribution is 2.46. The van der Waals surface area contributed by atoms with Crippen molar-refractivity contribution in [2.75, 3.05) is 0 Å². The van der Waals surface area contributed by atoms with E-state index in [-0.39, 0.29) is 6.10 Å². The lowest BCUT2D eigenvalue weighted by molar-refractivity contribution is 0.0520. The fourth-order valence-corrected chi connectivity index (χ4v) is 2.12. The summed E-state index contributed by atoms with van der Waals surface area (Å²) >= 11 is 0. The van der Waals surface area contributed by atoms with Gasteiger partial charge in [-0.05, 0) is 5.92 Å². The lowest BCUT2D eigenvalue weighted by atomic mass is 9.92. The molecule has 2 aliphatic rings. The second-order valence-electron chi connectivity index (χ2n) is 3.76. The van der Waals surface area contributed by atoms with Gasteiger partial charge in [-0.2, -0.15) is 0 Å². The van der Waals surface area contributed by atoms with Crippen molar-refractivity contribution in [1.82, 2.24) is 0 Å². The number of ether oxygens (including phenoxy) is 1. The number of aliphatic hydroxyl groups is 1. The van der Waals surface area contributed by atoms with E-state index in [1.54, 1.807) is 0 Å². The standard InChI is InChI=1S/C8H14O2/c1-4(2)7-5(9)3-6-8(7)10-6/h4-9H,3H2,1-2H3/t5-,6+,7+,8+/m1/s1. The minimum Gasteiger partial charge on any atom is -0.393 e. The molecule has 0 aromatic rings. The molecule has 0 amide bonds. The number of hydrogen-bond acceptors (Lipinski definition) is 2. The Morgan fingerprint density at radius 2 is 2.20 bits per heavy atom. The average Bonchev–Trinajstić information content (AvgIpc) is 2.42. The van der Waals surface area contributed by atoms with Crippen LogP contribution in [0.1, 0.15) is 20.3 Å². The normalized spacial score (nSPS) is 51.6. The molecule has 10 heavy (non-hydrogen) atoms. The number of fused-ring (bicyclic) bond motifs is 1. The first-order chi connectivity index (χ1) is 4.70. The van der Waals surface area contributed by atoms with Crippen molar-refractivity contribution < 1.29 is 9.84 Å². The molecule has 0 bridgehead atoms. The third-order valence-corrected chi connectivity index (χ3v) is 2.69. The van der Waals surface area contributed by atoms with Crippen LogP contribution in [0.2, 0.25) is 0 Å². The van der Waals surface area contributed by atoms with Crippen molar-refractivity contribution in [3.8, 4) is 0 Å². The van der Waals surface area contributed by atoms with Gasteiger partial charge in [-0.25, -0.2) is 0 Å². The van der Waals surface area contributed by atoms with Crippen LogP contribution in [0, 0.1) is 11.8 Å². The topological polar surface area (TPSA) is 32.8 Å². The predicted molar refractivity (Wildman–Crippen MR) is 37.6 cm³/mol. The van der Waals surface area contributed by atoms with E-state index in [0.717, 1.165) is 6.42 Å². The van der Waals surface area contributed by atoms with Gasteiger partial charge in [-0.1, -0.05) is 13.8 Å². The molecule has 0 aromatic carbocycles. The highest BCUT2D eigenvalue weighted by molar-refractivity contribution is 5.03. The summed E-state index contributed by atoms with van der Waals surface area (Å²) in [5.41, 5.74) is 0. The first kappa shape index (κ1) is 6.62. The van der Waals surface area contributed by atoms with Crippen LogP contribution in [0.25, 0.3) is 0 Å². The Bertz CT molecular complexity index is 142. The molecule has 1 heterocycles. The van der Waals surface area contributed by atoms with Crippen molar-refractivity contribution in [2.45, 2.75) is 38.6 Å². The molecule has 0 radical (unpaired) electrons. The fraction of sp³-hybridized carbons (Fsp3) is 1.00. The Labute approximate surface area is 61.2 Å². The van der Waals surface area contributed by atoms with Crippen LogP contribution in [0.15, 0.2) is 0 Å². The first-order valence-corrected chi connectivity index (χ1v) is 4.03. The van der Waals surface area contributed by atoms with Gasteiger partial charge in [0, 0.05) is 12.3 Å². The quantitative estimate of drug-likeness (QED) is 0.549. The van der Waals surface area contributed by atoms with Crippen molar-refractivity contribution in [2.24, 2.45) is 11.8 Å². The Balaban J connectivity index is 2.05. The molecule has 1 aliphatic carbocycles. The summed E-state index contributed by atoms with van der Waals surface area (Å²) in [4.78, 5) is 0. The maximum Gasteiger partial charge on any atom is 0.0898 e. The smallest absolute Gasteiger partial charge is 0.0898 e. The molecule has 2 heteroatoms. The lowest BCUT2D eigenvalue weighted by Gasteiger charge is -2.19. The maximum absolute atomic E-state index is 9.48. The predicted octanol–water partition coefficient (Wildman–Crippen LogP) is 0.791. The van der Waals surface area contributed by atoms with Crippen LogP contribution in [0.4, 0.5) is 0 Å². The molecule has 1 aliphatic heterocycles. The van der Waals surface area contributed by atoms with Crippen LogP contribution in [0.3, 0.4) is 0 Å². The zero-order valence-corrected chi connectivity index (χ0v) is 6.45. The number of rotatable bonds is 1. The van der Waals surface area contributed by atoms with Crippen molar-refractivity contribution in [1.29, 1.82) is 0 Å². The molecule has 0 unspecified atom stereocenters. The van der Waals surface area contributed by atoms with Crippen LogP contribution in [-0.4, -0.2) is 23.4 Å². The van der Waals surface area contributed by atoms with Crippen LogP contribution in [-0.2, 0) is 4.74 Å². The highest BCUT2D eigenvalue weighted by atomic mass is 16.6. The molecule has 1 saturated heterocycles. The average molecular weight is 142 g/mol. The van der Waals surface area contributed by atoms with E-state index >= 15 is 0 Å². The first-order valence-electron chi connectivity index (χ1n) is 4.03. The molecule has 0 aromatic heterocycles. The van der Waals surface area contributed by atoms with Crippen LogP contribution < -0.4 is 0 Å². The third kappa shape index (κ3) is 0.789. The van der Waals surface area contributed by atoms with E-state index < -0.39 is 0 Å². The van der Waals surface area contributed by atoms with E-state index in [9.17, 15) is 5.11 Å². The van der Waals surface area contributed by atoms with Gasteiger partial charge in [0.05, 0.1) is 18.3 Å². The molecule has 4 atom stereocenters. The number of aliphatic hydroxyl groups excluding tert-OH is 1. The molecular formula is C8H14O2.